The van der Waals surface area contributed by atoms with Crippen LogP contribution in [0.5, 0.6) is 17.2 Å². The number of amides is 1. The first kappa shape index (κ1) is 25.1. The van der Waals surface area contributed by atoms with E-state index < -0.39 is 12.5 Å². The van der Waals surface area contributed by atoms with E-state index >= 15 is 0 Å². The standard InChI is InChI=1S/C28H26ClNO6/c1-15-11-16(2)25-23(12-15)36-27(18-9-10-21(33-4)22(13-18)34-5)28(26(25)32)35-14-24(31)30-20-8-6-7-19(29)17(20)3/h6-13H,14H2,1-5H3,(H,30,31). The van der Waals surface area contributed by atoms with Gasteiger partial charge in [-0.1, -0.05) is 23.7 Å². The molecule has 0 aliphatic carbocycles. The zero-order chi connectivity index (χ0) is 26.0. The van der Waals surface area contributed by atoms with Gasteiger partial charge in [0.2, 0.25) is 11.2 Å². The van der Waals surface area contributed by atoms with Gasteiger partial charge >= 0.3 is 0 Å². The number of halogens is 1. The smallest absolute Gasteiger partial charge is 0.262 e. The SMILES string of the molecule is COc1ccc(-c2oc3cc(C)cc(C)c3c(=O)c2OCC(=O)Nc2cccc(Cl)c2C)cc1OC. The minimum absolute atomic E-state index is 0.0698. The van der Waals surface area contributed by atoms with E-state index in [1.54, 1.807) is 49.4 Å². The predicted molar refractivity (Wildman–Crippen MR) is 141 cm³/mol. The van der Waals surface area contributed by atoms with Crippen LogP contribution in [0.2, 0.25) is 5.02 Å². The van der Waals surface area contributed by atoms with Crippen LogP contribution < -0.4 is 25.0 Å². The fourth-order valence-corrected chi connectivity index (χ4v) is 4.21. The highest BCUT2D eigenvalue weighted by Crippen LogP contribution is 2.37. The summed E-state index contributed by atoms with van der Waals surface area (Å²) in [6.45, 7) is 5.15. The van der Waals surface area contributed by atoms with Crippen molar-refractivity contribution in [1.29, 1.82) is 0 Å². The molecule has 0 spiro atoms. The largest absolute Gasteiger partial charge is 0.493 e. The van der Waals surface area contributed by atoms with Gasteiger partial charge in [-0.25, -0.2) is 0 Å². The van der Waals surface area contributed by atoms with E-state index in [4.69, 9.17) is 30.2 Å². The van der Waals surface area contributed by atoms with Gasteiger partial charge in [-0.3, -0.25) is 9.59 Å². The second-order valence-electron chi connectivity index (χ2n) is 8.36. The number of hydrogen-bond acceptors (Lipinski definition) is 6. The van der Waals surface area contributed by atoms with Crippen LogP contribution in [0.1, 0.15) is 16.7 Å². The maximum absolute atomic E-state index is 13.6. The molecule has 36 heavy (non-hydrogen) atoms. The molecule has 1 heterocycles. The van der Waals surface area contributed by atoms with Crippen molar-refractivity contribution < 1.29 is 23.4 Å². The molecular formula is C28H26ClNO6. The molecule has 0 atom stereocenters. The second-order valence-corrected chi connectivity index (χ2v) is 8.77. The number of rotatable bonds is 7. The average molecular weight is 508 g/mol. The second kappa shape index (κ2) is 10.3. The Morgan fingerprint density at radius 3 is 2.47 bits per heavy atom. The van der Waals surface area contributed by atoms with Crippen molar-refractivity contribution in [2.24, 2.45) is 0 Å². The summed E-state index contributed by atoms with van der Waals surface area (Å²) < 4.78 is 22.8. The van der Waals surface area contributed by atoms with Crippen LogP contribution in [-0.2, 0) is 4.79 Å². The zero-order valence-electron chi connectivity index (χ0n) is 20.7. The zero-order valence-corrected chi connectivity index (χ0v) is 21.4. The number of hydrogen-bond donors (Lipinski definition) is 1. The summed E-state index contributed by atoms with van der Waals surface area (Å²) in [4.78, 5) is 26.3. The number of benzene rings is 3. The Hall–Kier alpha value is -3.97. The Kier molecular flexibility index (Phi) is 7.22. The molecule has 4 rings (SSSR count). The Morgan fingerprint density at radius 2 is 1.75 bits per heavy atom. The molecule has 0 aliphatic rings. The van der Waals surface area contributed by atoms with Gasteiger partial charge < -0.3 is 23.9 Å². The summed E-state index contributed by atoms with van der Waals surface area (Å²) >= 11 is 6.15. The topological polar surface area (TPSA) is 87.0 Å². The van der Waals surface area contributed by atoms with E-state index in [0.29, 0.717) is 38.7 Å². The van der Waals surface area contributed by atoms with Gasteiger partial charge in [-0.2, -0.15) is 0 Å². The maximum Gasteiger partial charge on any atom is 0.262 e. The third-order valence-corrected chi connectivity index (χ3v) is 6.24. The normalized spacial score (nSPS) is 10.8. The van der Waals surface area contributed by atoms with E-state index in [1.807, 2.05) is 19.9 Å². The molecule has 0 fully saturated rings. The molecule has 0 bridgehead atoms. The fourth-order valence-electron chi connectivity index (χ4n) is 4.04. The molecule has 1 aromatic heterocycles. The Balaban J connectivity index is 1.78. The summed E-state index contributed by atoms with van der Waals surface area (Å²) in [6.07, 6.45) is 0. The first-order chi connectivity index (χ1) is 17.2. The molecule has 3 aromatic carbocycles. The molecule has 0 unspecified atom stereocenters. The lowest BCUT2D eigenvalue weighted by molar-refractivity contribution is -0.118. The first-order valence-corrected chi connectivity index (χ1v) is 11.6. The molecular weight excluding hydrogens is 482 g/mol. The van der Waals surface area contributed by atoms with Crippen molar-refractivity contribution in [3.63, 3.8) is 0 Å². The third kappa shape index (κ3) is 4.88. The van der Waals surface area contributed by atoms with Crippen LogP contribution in [0.3, 0.4) is 0 Å². The maximum atomic E-state index is 13.6. The Bertz CT molecular complexity index is 1530. The van der Waals surface area contributed by atoms with Gasteiger partial charge in [0.15, 0.2) is 23.9 Å². The highest BCUT2D eigenvalue weighted by atomic mass is 35.5. The van der Waals surface area contributed by atoms with Crippen LogP contribution in [0, 0.1) is 20.8 Å². The van der Waals surface area contributed by atoms with Crippen LogP contribution >= 0.6 is 11.6 Å². The summed E-state index contributed by atoms with van der Waals surface area (Å²) in [5.74, 6) is 0.650. The van der Waals surface area contributed by atoms with Gasteiger partial charge in [-0.15, -0.1) is 0 Å². The van der Waals surface area contributed by atoms with Crippen molar-refractivity contribution >= 4 is 34.2 Å². The fraction of sp³-hybridized carbons (Fsp3) is 0.214. The van der Waals surface area contributed by atoms with Gasteiger partial charge in [-0.05, 0) is 73.9 Å². The Labute approximate surface area is 213 Å². The summed E-state index contributed by atoms with van der Waals surface area (Å²) in [6, 6.07) is 14.0. The molecule has 0 aliphatic heterocycles. The van der Waals surface area contributed by atoms with Crippen molar-refractivity contribution in [3.8, 4) is 28.6 Å². The summed E-state index contributed by atoms with van der Waals surface area (Å²) in [5, 5.41) is 3.70. The van der Waals surface area contributed by atoms with Crippen molar-refractivity contribution in [2.75, 3.05) is 26.1 Å². The molecule has 8 heteroatoms. The number of fused-ring (bicyclic) bond motifs is 1. The predicted octanol–water partition coefficient (Wildman–Crippen LogP) is 6.07. The minimum atomic E-state index is -0.446. The van der Waals surface area contributed by atoms with Crippen molar-refractivity contribution in [1.82, 2.24) is 0 Å². The van der Waals surface area contributed by atoms with E-state index in [9.17, 15) is 9.59 Å². The monoisotopic (exact) mass is 507 g/mol. The first-order valence-electron chi connectivity index (χ1n) is 11.2. The molecule has 0 radical (unpaired) electrons. The highest BCUT2D eigenvalue weighted by Gasteiger charge is 2.22. The summed E-state index contributed by atoms with van der Waals surface area (Å²) in [5.41, 5.74) is 3.58. The lowest BCUT2D eigenvalue weighted by atomic mass is 10.0. The van der Waals surface area contributed by atoms with Crippen molar-refractivity contribution in [2.45, 2.75) is 20.8 Å². The van der Waals surface area contributed by atoms with E-state index in [2.05, 4.69) is 5.32 Å². The Morgan fingerprint density at radius 1 is 1.00 bits per heavy atom. The lowest BCUT2D eigenvalue weighted by Crippen LogP contribution is -2.23. The van der Waals surface area contributed by atoms with Gasteiger partial charge in [0.25, 0.3) is 5.91 Å². The molecule has 7 nitrogen and oxygen atoms in total. The molecule has 0 saturated heterocycles. The number of aryl methyl sites for hydroxylation is 2. The van der Waals surface area contributed by atoms with E-state index in [1.165, 1.54) is 14.2 Å². The van der Waals surface area contributed by atoms with Crippen molar-refractivity contribution in [3.05, 3.63) is 80.5 Å². The van der Waals surface area contributed by atoms with Crippen LogP contribution in [0.15, 0.2) is 57.7 Å². The molecule has 4 aromatic rings. The lowest BCUT2D eigenvalue weighted by Gasteiger charge is -2.15. The van der Waals surface area contributed by atoms with Crippen LogP contribution in [0.25, 0.3) is 22.3 Å². The van der Waals surface area contributed by atoms with Gasteiger partial charge in [0, 0.05) is 16.3 Å². The summed E-state index contributed by atoms with van der Waals surface area (Å²) in [7, 11) is 3.05. The van der Waals surface area contributed by atoms with E-state index in [0.717, 1.165) is 16.7 Å². The molecule has 0 saturated carbocycles. The number of ether oxygens (including phenoxy) is 3. The number of carbonyl (C=O) groups is 1. The minimum Gasteiger partial charge on any atom is -0.493 e. The number of nitrogens with one attached hydrogen (secondary N) is 1. The van der Waals surface area contributed by atoms with Gasteiger partial charge in [0.05, 0.1) is 19.6 Å². The molecule has 1 amide bonds. The average Bonchev–Trinajstić information content (AvgIpc) is 2.85. The number of methoxy groups -OCH3 is 2. The highest BCUT2D eigenvalue weighted by molar-refractivity contribution is 6.31. The van der Waals surface area contributed by atoms with Crippen LogP contribution in [-0.4, -0.2) is 26.7 Å². The number of carbonyl (C=O) groups excluding carboxylic acids is 1. The quantitative estimate of drug-likeness (QED) is 0.326. The van der Waals surface area contributed by atoms with Crippen LogP contribution in [0.4, 0.5) is 5.69 Å². The van der Waals surface area contributed by atoms with E-state index in [-0.39, 0.29) is 16.9 Å². The number of anilines is 1. The molecule has 1 N–H and O–H groups in total. The molecule has 186 valence electrons. The van der Waals surface area contributed by atoms with Gasteiger partial charge in [0.1, 0.15) is 5.58 Å². The third-order valence-electron chi connectivity index (χ3n) is 5.83.